The Bertz CT molecular complexity index is 420. The molecule has 0 bridgehead atoms. The summed E-state index contributed by atoms with van der Waals surface area (Å²) in [7, 11) is 1.59. The Hall–Kier alpha value is -1.81. The van der Waals surface area contributed by atoms with Gasteiger partial charge in [0.2, 0.25) is 0 Å². The van der Waals surface area contributed by atoms with Gasteiger partial charge in [-0.1, -0.05) is 18.2 Å². The number of ether oxygens (including phenoxy) is 2. The first-order valence-corrected chi connectivity index (χ1v) is 6.08. The lowest BCUT2D eigenvalue weighted by Gasteiger charge is -2.20. The highest BCUT2D eigenvalue weighted by molar-refractivity contribution is 5.70. The summed E-state index contributed by atoms with van der Waals surface area (Å²) >= 11 is 0. The molecule has 1 aromatic carbocycles. The molecule has 0 unspecified atom stereocenters. The van der Waals surface area contributed by atoms with Crippen molar-refractivity contribution in [2.45, 2.75) is 32.0 Å². The van der Waals surface area contributed by atoms with Gasteiger partial charge in [-0.15, -0.1) is 6.58 Å². The second kappa shape index (κ2) is 6.95. The van der Waals surface area contributed by atoms with Crippen LogP contribution in [0.1, 0.15) is 25.3 Å². The van der Waals surface area contributed by atoms with Gasteiger partial charge in [0.1, 0.15) is 12.4 Å². The zero-order valence-corrected chi connectivity index (χ0v) is 11.4. The molecule has 1 rings (SSSR count). The van der Waals surface area contributed by atoms with E-state index in [1.165, 1.54) is 0 Å². The van der Waals surface area contributed by atoms with Gasteiger partial charge in [0.15, 0.2) is 0 Å². The van der Waals surface area contributed by atoms with Gasteiger partial charge in [0, 0.05) is 0 Å². The number of esters is 1. The molecular weight excluding hydrogens is 244 g/mol. The molecule has 0 aliphatic heterocycles. The first kappa shape index (κ1) is 15.2. The number of methoxy groups -OCH3 is 1. The average Bonchev–Trinajstić information content (AvgIpc) is 2.36. The highest BCUT2D eigenvalue weighted by atomic mass is 16.5. The normalized spacial score (nSPS) is 13.4. The van der Waals surface area contributed by atoms with E-state index in [1.54, 1.807) is 32.2 Å². The molecule has 1 N–H and O–H groups in total. The molecule has 0 fully saturated rings. The predicted molar refractivity (Wildman–Crippen MR) is 72.8 cm³/mol. The monoisotopic (exact) mass is 264 g/mol. The number of hydrogen-bond donors (Lipinski definition) is 1. The first-order valence-electron chi connectivity index (χ1n) is 6.08. The van der Waals surface area contributed by atoms with Gasteiger partial charge in [0.05, 0.1) is 19.1 Å². The number of rotatable bonds is 7. The molecule has 1 aromatic rings. The molecule has 4 nitrogen and oxygen atoms in total. The molecule has 0 radical (unpaired) electrons. The second-order valence-corrected chi connectivity index (χ2v) is 4.68. The summed E-state index contributed by atoms with van der Waals surface area (Å²) in [4.78, 5) is 11.6. The summed E-state index contributed by atoms with van der Waals surface area (Å²) in [6.45, 7) is 5.31. The lowest BCUT2D eigenvalue weighted by atomic mass is 9.98. The largest absolute Gasteiger partial charge is 0.497 e. The fourth-order valence-corrected chi connectivity index (χ4v) is 1.63. The van der Waals surface area contributed by atoms with Gasteiger partial charge in [-0.2, -0.15) is 0 Å². The van der Waals surface area contributed by atoms with Crippen molar-refractivity contribution in [3.8, 4) is 5.75 Å². The van der Waals surface area contributed by atoms with Crippen LogP contribution in [-0.2, 0) is 16.1 Å². The minimum absolute atomic E-state index is 0.0465. The van der Waals surface area contributed by atoms with E-state index >= 15 is 0 Å². The van der Waals surface area contributed by atoms with E-state index in [2.05, 4.69) is 6.58 Å². The molecule has 104 valence electrons. The standard InChI is InChI=1S/C15H20O4/c1-4-9-15(2,17)10-14(16)19-11-12-5-7-13(18-3)8-6-12/h4-8,17H,1,9-11H2,2-3H3/t15-/m1/s1. The molecule has 0 amide bonds. The van der Waals surface area contributed by atoms with Crippen LogP contribution in [-0.4, -0.2) is 23.8 Å². The molecule has 0 heterocycles. The summed E-state index contributed by atoms with van der Waals surface area (Å²) in [6, 6.07) is 7.26. The quantitative estimate of drug-likeness (QED) is 0.607. The third-order valence-corrected chi connectivity index (χ3v) is 2.67. The van der Waals surface area contributed by atoms with Crippen LogP contribution in [0.5, 0.6) is 5.75 Å². The topological polar surface area (TPSA) is 55.8 Å². The van der Waals surface area contributed by atoms with Gasteiger partial charge in [-0.05, 0) is 31.0 Å². The third kappa shape index (κ3) is 5.57. The number of hydrogen-bond acceptors (Lipinski definition) is 4. The Balaban J connectivity index is 2.43. The van der Waals surface area contributed by atoms with Crippen LogP contribution in [0, 0.1) is 0 Å². The van der Waals surface area contributed by atoms with Gasteiger partial charge < -0.3 is 14.6 Å². The van der Waals surface area contributed by atoms with Gasteiger partial charge in [0.25, 0.3) is 0 Å². The van der Waals surface area contributed by atoms with E-state index in [4.69, 9.17) is 9.47 Å². The van der Waals surface area contributed by atoms with Crippen molar-refractivity contribution in [3.05, 3.63) is 42.5 Å². The fraction of sp³-hybridized carbons (Fsp3) is 0.400. The first-order chi connectivity index (χ1) is 8.96. The minimum Gasteiger partial charge on any atom is -0.497 e. The Labute approximate surface area is 113 Å². The second-order valence-electron chi connectivity index (χ2n) is 4.68. The maximum atomic E-state index is 11.6. The van der Waals surface area contributed by atoms with Crippen LogP contribution < -0.4 is 4.74 Å². The van der Waals surface area contributed by atoms with E-state index in [-0.39, 0.29) is 13.0 Å². The van der Waals surface area contributed by atoms with Gasteiger partial charge in [-0.3, -0.25) is 4.79 Å². The highest BCUT2D eigenvalue weighted by Crippen LogP contribution is 2.17. The summed E-state index contributed by atoms with van der Waals surface area (Å²) in [5.41, 5.74) is -0.226. The van der Waals surface area contributed by atoms with E-state index in [0.717, 1.165) is 11.3 Å². The molecule has 0 aliphatic rings. The molecule has 0 saturated carbocycles. The van der Waals surface area contributed by atoms with Crippen molar-refractivity contribution in [3.63, 3.8) is 0 Å². The molecule has 4 heteroatoms. The van der Waals surface area contributed by atoms with Crippen LogP contribution in [0.2, 0.25) is 0 Å². The van der Waals surface area contributed by atoms with E-state index in [0.29, 0.717) is 6.42 Å². The van der Waals surface area contributed by atoms with Crippen molar-refractivity contribution in [2.75, 3.05) is 7.11 Å². The minimum atomic E-state index is -1.10. The fourth-order valence-electron chi connectivity index (χ4n) is 1.63. The van der Waals surface area contributed by atoms with Crippen LogP contribution >= 0.6 is 0 Å². The highest BCUT2D eigenvalue weighted by Gasteiger charge is 2.23. The van der Waals surface area contributed by atoms with Gasteiger partial charge >= 0.3 is 5.97 Å². The molecular formula is C15H20O4. The SMILES string of the molecule is C=CC[C@@](C)(O)CC(=O)OCc1ccc(OC)cc1. The van der Waals surface area contributed by atoms with Crippen molar-refractivity contribution in [1.82, 2.24) is 0 Å². The molecule has 0 aliphatic carbocycles. The van der Waals surface area contributed by atoms with Crippen LogP contribution in [0.4, 0.5) is 0 Å². The van der Waals surface area contributed by atoms with Crippen molar-refractivity contribution < 1.29 is 19.4 Å². The maximum absolute atomic E-state index is 11.6. The van der Waals surface area contributed by atoms with E-state index in [9.17, 15) is 9.90 Å². The Morgan fingerprint density at radius 3 is 2.58 bits per heavy atom. The lowest BCUT2D eigenvalue weighted by molar-refractivity contribution is -0.149. The zero-order valence-electron chi connectivity index (χ0n) is 11.4. The van der Waals surface area contributed by atoms with Crippen LogP contribution in [0.3, 0.4) is 0 Å². The van der Waals surface area contributed by atoms with Gasteiger partial charge in [-0.25, -0.2) is 0 Å². The van der Waals surface area contributed by atoms with Crippen molar-refractivity contribution in [2.24, 2.45) is 0 Å². The number of benzene rings is 1. The number of carbonyl (C=O) groups excluding carboxylic acids is 1. The molecule has 0 saturated heterocycles. The maximum Gasteiger partial charge on any atom is 0.309 e. The summed E-state index contributed by atoms with van der Waals surface area (Å²) < 4.78 is 10.1. The summed E-state index contributed by atoms with van der Waals surface area (Å²) in [5.74, 6) is 0.326. The number of aliphatic hydroxyl groups is 1. The average molecular weight is 264 g/mol. The van der Waals surface area contributed by atoms with Crippen molar-refractivity contribution >= 4 is 5.97 Å². The molecule has 19 heavy (non-hydrogen) atoms. The smallest absolute Gasteiger partial charge is 0.309 e. The zero-order chi connectivity index (χ0) is 14.3. The molecule has 1 atom stereocenters. The predicted octanol–water partition coefficient (Wildman–Crippen LogP) is 2.46. The number of carbonyl (C=O) groups is 1. The summed E-state index contributed by atoms with van der Waals surface area (Å²) in [5, 5.41) is 9.86. The summed E-state index contributed by atoms with van der Waals surface area (Å²) in [6.07, 6.45) is 1.89. The van der Waals surface area contributed by atoms with Crippen LogP contribution in [0.15, 0.2) is 36.9 Å². The van der Waals surface area contributed by atoms with Crippen LogP contribution in [0.25, 0.3) is 0 Å². The molecule has 0 aromatic heterocycles. The Kier molecular flexibility index (Phi) is 5.57. The molecule has 0 spiro atoms. The Morgan fingerprint density at radius 1 is 1.42 bits per heavy atom. The lowest BCUT2D eigenvalue weighted by Crippen LogP contribution is -2.28. The van der Waals surface area contributed by atoms with Crippen molar-refractivity contribution in [1.29, 1.82) is 0 Å². The van der Waals surface area contributed by atoms with E-state index < -0.39 is 11.6 Å². The Morgan fingerprint density at radius 2 is 2.05 bits per heavy atom. The third-order valence-electron chi connectivity index (χ3n) is 2.67. The van der Waals surface area contributed by atoms with E-state index in [1.807, 2.05) is 12.1 Å².